The molecule has 1 N–H and O–H groups in total. The van der Waals surface area contributed by atoms with Crippen LogP contribution in [-0.4, -0.2) is 32.9 Å². The van der Waals surface area contributed by atoms with Gasteiger partial charge < -0.3 is 5.32 Å². The van der Waals surface area contributed by atoms with E-state index in [0.717, 1.165) is 21.9 Å². The first-order valence-corrected chi connectivity index (χ1v) is 9.47. The Morgan fingerprint density at radius 1 is 1.29 bits per heavy atom. The maximum atomic E-state index is 11.9. The molecule has 0 aliphatic heterocycles. The Kier molecular flexibility index (Phi) is 6.61. The fraction of sp³-hybridized carbons (Fsp3) is 0.400. The first-order chi connectivity index (χ1) is 9.69. The highest BCUT2D eigenvalue weighted by molar-refractivity contribution is 9.10. The molecule has 0 aromatic heterocycles. The van der Waals surface area contributed by atoms with E-state index in [2.05, 4.69) is 21.2 Å². The number of carbonyl (C=O) groups excluding carboxylic acids is 1. The Morgan fingerprint density at radius 3 is 2.33 bits per heavy atom. The predicted octanol–water partition coefficient (Wildman–Crippen LogP) is 2.65. The van der Waals surface area contributed by atoms with Crippen molar-refractivity contribution < 1.29 is 13.2 Å². The Balaban J connectivity index is 2.80. The molecular formula is C15H20BrNO3S. The fourth-order valence-corrected chi connectivity index (χ4v) is 2.51. The van der Waals surface area contributed by atoms with Crippen molar-refractivity contribution in [2.45, 2.75) is 13.8 Å². The maximum Gasteiger partial charge on any atom is 0.244 e. The summed E-state index contributed by atoms with van der Waals surface area (Å²) in [6.45, 7) is 4.15. The van der Waals surface area contributed by atoms with Gasteiger partial charge in [0.25, 0.3) is 0 Å². The molecule has 1 aromatic carbocycles. The number of carbonyl (C=O) groups is 1. The standard InChI is InChI=1S/C15H20BrNO3S/c1-11(2)14(12-4-6-13(16)7-5-12)10-15(18)17-8-9-21(3,19)20/h4-7,10-11H,8-9H2,1-3H3,(H,17,18)/b14-10+. The summed E-state index contributed by atoms with van der Waals surface area (Å²) in [5.74, 6) is -0.140. The van der Waals surface area contributed by atoms with Crippen molar-refractivity contribution in [3.05, 3.63) is 40.4 Å². The molecule has 0 radical (unpaired) electrons. The monoisotopic (exact) mass is 373 g/mol. The van der Waals surface area contributed by atoms with Crippen molar-refractivity contribution in [3.8, 4) is 0 Å². The molecule has 0 saturated heterocycles. The number of hydrogen-bond acceptors (Lipinski definition) is 3. The molecule has 1 rings (SSSR count). The van der Waals surface area contributed by atoms with Gasteiger partial charge in [0.2, 0.25) is 5.91 Å². The van der Waals surface area contributed by atoms with E-state index in [4.69, 9.17) is 0 Å². The first-order valence-electron chi connectivity index (χ1n) is 6.62. The van der Waals surface area contributed by atoms with Gasteiger partial charge in [0.15, 0.2) is 0 Å². The number of benzene rings is 1. The second kappa shape index (κ2) is 7.75. The molecule has 4 nitrogen and oxygen atoms in total. The quantitative estimate of drug-likeness (QED) is 0.779. The summed E-state index contributed by atoms with van der Waals surface area (Å²) in [7, 11) is -3.06. The van der Waals surface area contributed by atoms with E-state index in [0.29, 0.717) is 0 Å². The molecule has 0 bridgehead atoms. The van der Waals surface area contributed by atoms with Gasteiger partial charge in [0.1, 0.15) is 9.84 Å². The molecule has 0 aliphatic rings. The lowest BCUT2D eigenvalue weighted by Gasteiger charge is -2.12. The van der Waals surface area contributed by atoms with Gasteiger partial charge in [0.05, 0.1) is 5.75 Å². The van der Waals surface area contributed by atoms with Gasteiger partial charge in [0, 0.05) is 23.3 Å². The van der Waals surface area contributed by atoms with Gasteiger partial charge >= 0.3 is 0 Å². The second-order valence-electron chi connectivity index (χ2n) is 5.18. The van der Waals surface area contributed by atoms with E-state index in [1.807, 2.05) is 38.1 Å². The third kappa shape index (κ3) is 6.91. The van der Waals surface area contributed by atoms with Gasteiger partial charge in [-0.3, -0.25) is 4.79 Å². The number of amides is 1. The van der Waals surface area contributed by atoms with Crippen LogP contribution in [0.5, 0.6) is 0 Å². The minimum absolute atomic E-state index is 0.0537. The summed E-state index contributed by atoms with van der Waals surface area (Å²) in [5.41, 5.74) is 1.89. The van der Waals surface area contributed by atoms with E-state index in [1.165, 1.54) is 6.08 Å². The van der Waals surface area contributed by atoms with Crippen molar-refractivity contribution in [1.29, 1.82) is 0 Å². The number of rotatable bonds is 6. The molecule has 116 valence electrons. The minimum Gasteiger partial charge on any atom is -0.352 e. The number of sulfone groups is 1. The third-order valence-corrected chi connectivity index (χ3v) is 4.33. The molecule has 6 heteroatoms. The van der Waals surface area contributed by atoms with Crippen LogP contribution >= 0.6 is 15.9 Å². The average Bonchev–Trinajstić information content (AvgIpc) is 2.35. The highest BCUT2D eigenvalue weighted by atomic mass is 79.9. The van der Waals surface area contributed by atoms with Crippen molar-refractivity contribution >= 4 is 37.2 Å². The maximum absolute atomic E-state index is 11.9. The summed E-state index contributed by atoms with van der Waals surface area (Å²) < 4.78 is 23.0. The third-order valence-electron chi connectivity index (χ3n) is 2.86. The fourth-order valence-electron chi connectivity index (χ4n) is 1.78. The van der Waals surface area contributed by atoms with E-state index in [1.54, 1.807) is 0 Å². The van der Waals surface area contributed by atoms with Crippen molar-refractivity contribution in [3.63, 3.8) is 0 Å². The zero-order chi connectivity index (χ0) is 16.0. The summed E-state index contributed by atoms with van der Waals surface area (Å²) >= 11 is 3.38. The lowest BCUT2D eigenvalue weighted by atomic mass is 9.95. The summed E-state index contributed by atoms with van der Waals surface area (Å²) in [6, 6.07) is 7.74. The minimum atomic E-state index is -3.06. The highest BCUT2D eigenvalue weighted by Crippen LogP contribution is 2.24. The normalized spacial score (nSPS) is 12.5. The number of halogens is 1. The molecule has 0 aliphatic carbocycles. The van der Waals surface area contributed by atoms with Gasteiger partial charge in [-0.15, -0.1) is 0 Å². The molecule has 21 heavy (non-hydrogen) atoms. The van der Waals surface area contributed by atoms with Crippen LogP contribution in [0.25, 0.3) is 5.57 Å². The molecule has 0 atom stereocenters. The molecule has 1 amide bonds. The molecule has 0 saturated carbocycles. The number of allylic oxidation sites excluding steroid dienone is 1. The zero-order valence-electron chi connectivity index (χ0n) is 12.4. The SMILES string of the molecule is CC(C)/C(=C\C(=O)NCCS(C)(=O)=O)c1ccc(Br)cc1. The zero-order valence-corrected chi connectivity index (χ0v) is 14.8. The molecule has 0 unspecified atom stereocenters. The molecule has 0 fully saturated rings. The molecular weight excluding hydrogens is 354 g/mol. The van der Waals surface area contributed by atoms with E-state index < -0.39 is 9.84 Å². The van der Waals surface area contributed by atoms with Crippen LogP contribution in [0.3, 0.4) is 0 Å². The topological polar surface area (TPSA) is 63.2 Å². The summed E-state index contributed by atoms with van der Waals surface area (Å²) in [6.07, 6.45) is 2.69. The smallest absolute Gasteiger partial charge is 0.244 e. The van der Waals surface area contributed by atoms with E-state index in [-0.39, 0.29) is 24.1 Å². The average molecular weight is 374 g/mol. The van der Waals surface area contributed by atoms with Gasteiger partial charge in [-0.2, -0.15) is 0 Å². The lowest BCUT2D eigenvalue weighted by molar-refractivity contribution is -0.116. The van der Waals surface area contributed by atoms with E-state index in [9.17, 15) is 13.2 Å². The van der Waals surface area contributed by atoms with Crippen LogP contribution < -0.4 is 5.32 Å². The van der Waals surface area contributed by atoms with E-state index >= 15 is 0 Å². The van der Waals surface area contributed by atoms with Crippen molar-refractivity contribution in [1.82, 2.24) is 5.32 Å². The molecule has 0 spiro atoms. The predicted molar refractivity (Wildman–Crippen MR) is 89.7 cm³/mol. The lowest BCUT2D eigenvalue weighted by Crippen LogP contribution is -2.27. The van der Waals surface area contributed by atoms with Crippen LogP contribution in [0, 0.1) is 5.92 Å². The van der Waals surface area contributed by atoms with Gasteiger partial charge in [-0.25, -0.2) is 8.42 Å². The van der Waals surface area contributed by atoms with Crippen LogP contribution in [0.4, 0.5) is 0 Å². The van der Waals surface area contributed by atoms with Crippen molar-refractivity contribution in [2.75, 3.05) is 18.6 Å². The largest absolute Gasteiger partial charge is 0.352 e. The summed E-state index contributed by atoms with van der Waals surface area (Å²) in [5, 5.41) is 2.60. The summed E-state index contributed by atoms with van der Waals surface area (Å²) in [4.78, 5) is 11.9. The molecule has 1 aromatic rings. The van der Waals surface area contributed by atoms with Crippen LogP contribution in [0.1, 0.15) is 19.4 Å². The van der Waals surface area contributed by atoms with Crippen LogP contribution in [-0.2, 0) is 14.6 Å². The molecule has 0 heterocycles. The van der Waals surface area contributed by atoms with Crippen LogP contribution in [0.2, 0.25) is 0 Å². The highest BCUT2D eigenvalue weighted by Gasteiger charge is 2.10. The Morgan fingerprint density at radius 2 is 1.86 bits per heavy atom. The van der Waals surface area contributed by atoms with Crippen molar-refractivity contribution in [2.24, 2.45) is 5.92 Å². The van der Waals surface area contributed by atoms with Gasteiger partial charge in [-0.05, 0) is 29.2 Å². The van der Waals surface area contributed by atoms with Crippen LogP contribution in [0.15, 0.2) is 34.8 Å². The Labute approximate surface area is 134 Å². The Hall–Kier alpha value is -1.14. The van der Waals surface area contributed by atoms with Gasteiger partial charge in [-0.1, -0.05) is 41.9 Å². The Bertz CT molecular complexity index is 619. The first kappa shape index (κ1) is 17.9. The number of hydrogen-bond donors (Lipinski definition) is 1. The number of nitrogens with one attached hydrogen (secondary N) is 1. The second-order valence-corrected chi connectivity index (χ2v) is 8.36.